The molecular weight excluding hydrogens is 358 g/mol. The Balaban J connectivity index is 0.00000312. The van der Waals surface area contributed by atoms with Gasteiger partial charge in [-0.05, 0) is 60.1 Å². The predicted molar refractivity (Wildman–Crippen MR) is 106 cm³/mol. The number of hydrogen-bond donors (Lipinski definition) is 3. The first-order valence-electron chi connectivity index (χ1n) is 7.49. The van der Waals surface area contributed by atoms with E-state index >= 15 is 0 Å². The number of carbonyl (C=O) groups excluding carboxylic acids is 2. The summed E-state index contributed by atoms with van der Waals surface area (Å²) in [6.07, 6.45) is 0. The summed E-state index contributed by atoms with van der Waals surface area (Å²) in [5.41, 5.74) is 7.94. The highest BCUT2D eigenvalue weighted by molar-refractivity contribution is 7.80. The standard InChI is InChI=1S/C18H19N3O2S.ClH/c1-11(2)12-3-5-14(6-4-12)17(23)21-18(24)20-15-9-7-13(8-10-15)16(19)22;/h3-11H,1-2H3,(H2,19,22)(H2,20,21,23,24);1H. The van der Waals surface area contributed by atoms with Crippen LogP contribution in [0.1, 0.15) is 46.0 Å². The molecule has 0 fully saturated rings. The van der Waals surface area contributed by atoms with Crippen molar-refractivity contribution < 1.29 is 9.59 Å². The third-order valence-electron chi connectivity index (χ3n) is 3.49. The van der Waals surface area contributed by atoms with Crippen LogP contribution in [0.15, 0.2) is 48.5 Å². The molecule has 2 rings (SSSR count). The van der Waals surface area contributed by atoms with Gasteiger partial charge in [-0.25, -0.2) is 0 Å². The second kappa shape index (κ2) is 9.15. The summed E-state index contributed by atoms with van der Waals surface area (Å²) in [6.45, 7) is 4.19. The van der Waals surface area contributed by atoms with E-state index < -0.39 is 5.91 Å². The molecule has 0 radical (unpaired) electrons. The van der Waals surface area contributed by atoms with E-state index in [1.165, 1.54) is 5.56 Å². The van der Waals surface area contributed by atoms with Gasteiger partial charge in [0.15, 0.2) is 5.11 Å². The molecule has 0 bridgehead atoms. The van der Waals surface area contributed by atoms with Crippen LogP contribution in [0, 0.1) is 0 Å². The Morgan fingerprint density at radius 3 is 1.96 bits per heavy atom. The minimum atomic E-state index is -0.498. The second-order valence-corrected chi connectivity index (χ2v) is 6.03. The van der Waals surface area contributed by atoms with Crippen molar-refractivity contribution in [3.05, 3.63) is 65.2 Å². The molecule has 2 aromatic rings. The fourth-order valence-corrected chi connectivity index (χ4v) is 2.29. The summed E-state index contributed by atoms with van der Waals surface area (Å²) in [5, 5.41) is 5.69. The number of nitrogens with one attached hydrogen (secondary N) is 2. The van der Waals surface area contributed by atoms with Crippen LogP contribution in [0.3, 0.4) is 0 Å². The van der Waals surface area contributed by atoms with Crippen LogP contribution >= 0.6 is 24.6 Å². The lowest BCUT2D eigenvalue weighted by Crippen LogP contribution is -2.34. The molecule has 2 amide bonds. The van der Waals surface area contributed by atoms with Gasteiger partial charge >= 0.3 is 0 Å². The lowest BCUT2D eigenvalue weighted by atomic mass is 10.0. The Bertz CT molecular complexity index is 759. The zero-order valence-electron chi connectivity index (χ0n) is 13.9. The van der Waals surface area contributed by atoms with Crippen LogP contribution in [-0.2, 0) is 0 Å². The van der Waals surface area contributed by atoms with E-state index in [1.54, 1.807) is 36.4 Å². The van der Waals surface area contributed by atoms with Crippen molar-refractivity contribution in [1.82, 2.24) is 5.32 Å². The van der Waals surface area contributed by atoms with Crippen molar-refractivity contribution in [1.29, 1.82) is 0 Å². The van der Waals surface area contributed by atoms with Gasteiger partial charge in [0.25, 0.3) is 5.91 Å². The summed E-state index contributed by atoms with van der Waals surface area (Å²) in [7, 11) is 0. The number of benzene rings is 2. The SMILES string of the molecule is CC(C)c1ccc(C(=O)NC(=S)Nc2ccc(C(N)=O)cc2)cc1.Cl. The zero-order valence-corrected chi connectivity index (χ0v) is 15.5. The van der Waals surface area contributed by atoms with Crippen LogP contribution in [0.4, 0.5) is 5.69 Å². The summed E-state index contributed by atoms with van der Waals surface area (Å²) in [5.74, 6) is -0.368. The second-order valence-electron chi connectivity index (χ2n) is 5.63. The minimum Gasteiger partial charge on any atom is -0.366 e. The molecule has 0 atom stereocenters. The summed E-state index contributed by atoms with van der Waals surface area (Å²) in [4.78, 5) is 23.2. The number of thiocarbonyl (C=S) groups is 1. The number of halogens is 1. The van der Waals surface area contributed by atoms with Crippen molar-refractivity contribution >= 4 is 47.2 Å². The molecule has 0 aliphatic carbocycles. The highest BCUT2D eigenvalue weighted by atomic mass is 35.5. The van der Waals surface area contributed by atoms with Gasteiger partial charge in [-0.1, -0.05) is 26.0 Å². The average Bonchev–Trinajstić information content (AvgIpc) is 2.55. The molecule has 0 unspecified atom stereocenters. The molecule has 4 N–H and O–H groups in total. The smallest absolute Gasteiger partial charge is 0.257 e. The van der Waals surface area contributed by atoms with Crippen LogP contribution < -0.4 is 16.4 Å². The maximum Gasteiger partial charge on any atom is 0.257 e. The molecule has 25 heavy (non-hydrogen) atoms. The summed E-state index contributed by atoms with van der Waals surface area (Å²) in [6, 6.07) is 13.9. The maximum atomic E-state index is 12.2. The molecule has 7 heteroatoms. The van der Waals surface area contributed by atoms with Crippen LogP contribution in [-0.4, -0.2) is 16.9 Å². The zero-order chi connectivity index (χ0) is 17.7. The van der Waals surface area contributed by atoms with Crippen LogP contribution in [0.2, 0.25) is 0 Å². The van der Waals surface area contributed by atoms with Crippen molar-refractivity contribution in [2.45, 2.75) is 19.8 Å². The fraction of sp³-hybridized carbons (Fsp3) is 0.167. The highest BCUT2D eigenvalue weighted by Crippen LogP contribution is 2.14. The van der Waals surface area contributed by atoms with Crippen molar-refractivity contribution in [3.8, 4) is 0 Å². The maximum absolute atomic E-state index is 12.2. The van der Waals surface area contributed by atoms with Gasteiger partial charge in [0.1, 0.15) is 0 Å². The van der Waals surface area contributed by atoms with Crippen molar-refractivity contribution in [2.75, 3.05) is 5.32 Å². The lowest BCUT2D eigenvalue weighted by molar-refractivity contribution is 0.0975. The number of carbonyl (C=O) groups is 2. The number of anilines is 1. The van der Waals surface area contributed by atoms with E-state index in [-0.39, 0.29) is 23.4 Å². The Morgan fingerprint density at radius 2 is 1.48 bits per heavy atom. The quantitative estimate of drug-likeness (QED) is 0.712. The number of nitrogens with two attached hydrogens (primary N) is 1. The molecule has 0 heterocycles. The number of primary amides is 1. The van der Waals surface area contributed by atoms with E-state index in [0.717, 1.165) is 0 Å². The Morgan fingerprint density at radius 1 is 0.960 bits per heavy atom. The Labute approximate surface area is 158 Å². The summed E-state index contributed by atoms with van der Waals surface area (Å²) < 4.78 is 0. The average molecular weight is 378 g/mol. The molecule has 0 aliphatic rings. The molecule has 2 aromatic carbocycles. The predicted octanol–water partition coefficient (Wildman–Crippen LogP) is 3.46. The van der Waals surface area contributed by atoms with Crippen molar-refractivity contribution in [3.63, 3.8) is 0 Å². The van der Waals surface area contributed by atoms with Gasteiger partial charge in [-0.2, -0.15) is 0 Å². The molecule has 0 saturated heterocycles. The van der Waals surface area contributed by atoms with Gasteiger partial charge in [0.05, 0.1) is 0 Å². The van der Waals surface area contributed by atoms with Gasteiger partial charge in [-0.3, -0.25) is 14.9 Å². The Hall–Kier alpha value is -2.44. The highest BCUT2D eigenvalue weighted by Gasteiger charge is 2.09. The van der Waals surface area contributed by atoms with E-state index in [4.69, 9.17) is 18.0 Å². The third-order valence-corrected chi connectivity index (χ3v) is 3.70. The van der Waals surface area contributed by atoms with E-state index in [2.05, 4.69) is 24.5 Å². The molecule has 0 spiro atoms. The molecular formula is C18H20ClN3O2S. The normalized spacial score (nSPS) is 9.88. The number of hydrogen-bond acceptors (Lipinski definition) is 3. The van der Waals surface area contributed by atoms with E-state index in [0.29, 0.717) is 22.7 Å². The monoisotopic (exact) mass is 377 g/mol. The first kappa shape index (κ1) is 20.6. The summed E-state index contributed by atoms with van der Waals surface area (Å²) >= 11 is 5.13. The first-order valence-corrected chi connectivity index (χ1v) is 7.90. The van der Waals surface area contributed by atoms with E-state index in [9.17, 15) is 9.59 Å². The minimum absolute atomic E-state index is 0. The number of amides is 2. The first-order chi connectivity index (χ1) is 11.4. The third kappa shape index (κ3) is 5.85. The largest absolute Gasteiger partial charge is 0.366 e. The van der Waals surface area contributed by atoms with Gasteiger partial charge in [0.2, 0.25) is 5.91 Å². The molecule has 0 saturated carbocycles. The van der Waals surface area contributed by atoms with Crippen LogP contribution in [0.25, 0.3) is 0 Å². The van der Waals surface area contributed by atoms with Gasteiger partial charge in [-0.15, -0.1) is 12.4 Å². The molecule has 0 aromatic heterocycles. The molecule has 0 aliphatic heterocycles. The van der Waals surface area contributed by atoms with E-state index in [1.807, 2.05) is 12.1 Å². The molecule has 132 valence electrons. The van der Waals surface area contributed by atoms with Gasteiger partial charge < -0.3 is 11.1 Å². The number of rotatable bonds is 4. The van der Waals surface area contributed by atoms with Gasteiger partial charge in [0, 0.05) is 16.8 Å². The van der Waals surface area contributed by atoms with Crippen molar-refractivity contribution in [2.24, 2.45) is 5.73 Å². The fourth-order valence-electron chi connectivity index (χ4n) is 2.07. The Kier molecular flexibility index (Phi) is 7.54. The van der Waals surface area contributed by atoms with Crippen LogP contribution in [0.5, 0.6) is 0 Å². The topological polar surface area (TPSA) is 84.2 Å². The molecule has 5 nitrogen and oxygen atoms in total. The lowest BCUT2D eigenvalue weighted by Gasteiger charge is -2.11.